The highest BCUT2D eigenvalue weighted by Gasteiger charge is 2.09. The van der Waals surface area contributed by atoms with Gasteiger partial charge in [-0.25, -0.2) is 4.39 Å². The van der Waals surface area contributed by atoms with Crippen LogP contribution in [0.3, 0.4) is 0 Å². The van der Waals surface area contributed by atoms with E-state index < -0.39 is 0 Å². The van der Waals surface area contributed by atoms with Crippen LogP contribution in [-0.2, 0) is 6.54 Å². The van der Waals surface area contributed by atoms with E-state index in [1.807, 2.05) is 6.92 Å². The normalized spacial score (nSPS) is 10.8. The van der Waals surface area contributed by atoms with Crippen molar-refractivity contribution in [2.24, 2.45) is 0 Å². The highest BCUT2D eigenvalue weighted by molar-refractivity contribution is 9.10. The molecular formula is C12H13BrFN3. The second-order valence-electron chi connectivity index (χ2n) is 3.68. The summed E-state index contributed by atoms with van der Waals surface area (Å²) in [5, 5.41) is 10.2. The van der Waals surface area contributed by atoms with E-state index >= 15 is 0 Å². The summed E-state index contributed by atoms with van der Waals surface area (Å²) in [6, 6.07) is 4.93. The summed E-state index contributed by atoms with van der Waals surface area (Å²) in [5.74, 6) is -0.263. The summed E-state index contributed by atoms with van der Waals surface area (Å²) >= 11 is 3.18. The van der Waals surface area contributed by atoms with Crippen LogP contribution in [-0.4, -0.2) is 16.7 Å². The summed E-state index contributed by atoms with van der Waals surface area (Å²) in [5.41, 5.74) is 2.92. The number of H-pyrrole nitrogens is 1. The van der Waals surface area contributed by atoms with E-state index in [-0.39, 0.29) is 5.82 Å². The lowest BCUT2D eigenvalue weighted by Crippen LogP contribution is -2.11. The summed E-state index contributed by atoms with van der Waals surface area (Å²) in [4.78, 5) is 0. The lowest BCUT2D eigenvalue weighted by atomic mass is 10.1. The number of aromatic amines is 1. The molecule has 1 heterocycles. The highest BCUT2D eigenvalue weighted by Crippen LogP contribution is 2.26. The molecule has 5 heteroatoms. The van der Waals surface area contributed by atoms with Gasteiger partial charge in [-0.1, -0.05) is 6.92 Å². The first-order valence-corrected chi connectivity index (χ1v) is 6.20. The van der Waals surface area contributed by atoms with Crippen LogP contribution < -0.4 is 5.32 Å². The molecule has 2 rings (SSSR count). The molecule has 0 unspecified atom stereocenters. The van der Waals surface area contributed by atoms with Gasteiger partial charge in [0.25, 0.3) is 0 Å². The topological polar surface area (TPSA) is 40.7 Å². The molecule has 0 saturated carbocycles. The number of aromatic nitrogens is 2. The molecule has 2 aromatic rings. The van der Waals surface area contributed by atoms with Gasteiger partial charge in [0, 0.05) is 17.7 Å². The van der Waals surface area contributed by atoms with Crippen LogP contribution in [0.2, 0.25) is 0 Å². The summed E-state index contributed by atoms with van der Waals surface area (Å²) < 4.78 is 13.6. The Morgan fingerprint density at radius 1 is 1.47 bits per heavy atom. The van der Waals surface area contributed by atoms with E-state index in [1.165, 1.54) is 6.07 Å². The molecule has 0 fully saturated rings. The lowest BCUT2D eigenvalue weighted by Gasteiger charge is -2.05. The first kappa shape index (κ1) is 12.3. The molecule has 90 valence electrons. The second kappa shape index (κ2) is 5.42. The minimum absolute atomic E-state index is 0.263. The van der Waals surface area contributed by atoms with Crippen molar-refractivity contribution >= 4 is 15.9 Å². The van der Waals surface area contributed by atoms with Gasteiger partial charge in [-0.05, 0) is 40.7 Å². The minimum Gasteiger partial charge on any atom is -0.313 e. The number of nitrogens with zero attached hydrogens (tertiary/aromatic N) is 1. The molecule has 17 heavy (non-hydrogen) atoms. The van der Waals surface area contributed by atoms with Gasteiger partial charge in [-0.15, -0.1) is 0 Å². The molecule has 1 aromatic carbocycles. The molecule has 0 aliphatic heterocycles. The molecule has 3 nitrogen and oxygen atoms in total. The fourth-order valence-corrected chi connectivity index (χ4v) is 1.99. The first-order chi connectivity index (χ1) is 8.22. The zero-order chi connectivity index (χ0) is 12.3. The molecule has 0 spiro atoms. The van der Waals surface area contributed by atoms with Gasteiger partial charge in [0.05, 0.1) is 16.4 Å². The van der Waals surface area contributed by atoms with E-state index in [0.29, 0.717) is 4.47 Å². The average Bonchev–Trinajstić information content (AvgIpc) is 2.78. The molecular weight excluding hydrogens is 285 g/mol. The van der Waals surface area contributed by atoms with Gasteiger partial charge in [0.1, 0.15) is 5.82 Å². The van der Waals surface area contributed by atoms with E-state index in [2.05, 4.69) is 31.4 Å². The molecule has 0 aliphatic carbocycles. The van der Waals surface area contributed by atoms with Gasteiger partial charge in [-0.2, -0.15) is 5.10 Å². The third kappa shape index (κ3) is 2.73. The molecule has 0 atom stereocenters. The number of benzene rings is 1. The maximum atomic E-state index is 13.2. The van der Waals surface area contributed by atoms with E-state index in [9.17, 15) is 4.39 Å². The summed E-state index contributed by atoms with van der Waals surface area (Å²) in [7, 11) is 0. The zero-order valence-electron chi connectivity index (χ0n) is 9.43. The van der Waals surface area contributed by atoms with Crippen molar-refractivity contribution in [1.29, 1.82) is 0 Å². The largest absolute Gasteiger partial charge is 0.313 e. The Morgan fingerprint density at radius 2 is 2.29 bits per heavy atom. The average molecular weight is 298 g/mol. The van der Waals surface area contributed by atoms with Crippen LogP contribution in [0.4, 0.5) is 4.39 Å². The van der Waals surface area contributed by atoms with Gasteiger partial charge < -0.3 is 5.32 Å². The van der Waals surface area contributed by atoms with Gasteiger partial charge in [0.2, 0.25) is 0 Å². The molecule has 0 bridgehead atoms. The van der Waals surface area contributed by atoms with Crippen LogP contribution in [0.1, 0.15) is 12.5 Å². The molecule has 2 N–H and O–H groups in total. The monoisotopic (exact) mass is 297 g/mol. The van der Waals surface area contributed by atoms with Crippen molar-refractivity contribution in [1.82, 2.24) is 15.5 Å². The minimum atomic E-state index is -0.263. The Labute approximate surface area is 108 Å². The second-order valence-corrected chi connectivity index (χ2v) is 4.53. The predicted octanol–water partition coefficient (Wildman–Crippen LogP) is 3.09. The van der Waals surface area contributed by atoms with E-state index in [4.69, 9.17) is 0 Å². The number of halogens is 2. The molecule has 0 aliphatic rings. The molecule has 0 radical (unpaired) electrons. The van der Waals surface area contributed by atoms with E-state index in [0.717, 1.165) is 29.9 Å². The lowest BCUT2D eigenvalue weighted by molar-refractivity contribution is 0.621. The van der Waals surface area contributed by atoms with Crippen LogP contribution in [0, 0.1) is 5.82 Å². The van der Waals surface area contributed by atoms with Crippen molar-refractivity contribution in [3.63, 3.8) is 0 Å². The number of rotatable bonds is 4. The Kier molecular flexibility index (Phi) is 3.91. The van der Waals surface area contributed by atoms with Crippen molar-refractivity contribution in [3.8, 4) is 11.3 Å². The van der Waals surface area contributed by atoms with Crippen molar-refractivity contribution in [3.05, 3.63) is 40.2 Å². The van der Waals surface area contributed by atoms with Crippen LogP contribution in [0.5, 0.6) is 0 Å². The summed E-state index contributed by atoms with van der Waals surface area (Å²) in [6.45, 7) is 3.70. The maximum Gasteiger partial charge on any atom is 0.137 e. The van der Waals surface area contributed by atoms with Crippen LogP contribution >= 0.6 is 15.9 Å². The van der Waals surface area contributed by atoms with Gasteiger partial charge in [0.15, 0.2) is 0 Å². The molecule has 0 amide bonds. The number of nitrogens with one attached hydrogen (secondary N) is 2. The zero-order valence-corrected chi connectivity index (χ0v) is 11.0. The Morgan fingerprint density at radius 3 is 3.00 bits per heavy atom. The van der Waals surface area contributed by atoms with Crippen LogP contribution in [0.15, 0.2) is 28.9 Å². The van der Waals surface area contributed by atoms with Gasteiger partial charge >= 0.3 is 0 Å². The fraction of sp³-hybridized carbons (Fsp3) is 0.250. The van der Waals surface area contributed by atoms with E-state index in [1.54, 1.807) is 18.3 Å². The SMILES string of the molecule is CCNCc1cn[nH]c1-c1ccc(F)c(Br)c1. The van der Waals surface area contributed by atoms with Crippen LogP contribution in [0.25, 0.3) is 11.3 Å². The third-order valence-corrected chi connectivity index (χ3v) is 3.10. The fourth-order valence-electron chi connectivity index (χ4n) is 1.61. The Bertz CT molecular complexity index is 510. The van der Waals surface area contributed by atoms with Crippen molar-refractivity contribution in [2.45, 2.75) is 13.5 Å². The quantitative estimate of drug-likeness (QED) is 0.910. The van der Waals surface area contributed by atoms with Crippen molar-refractivity contribution < 1.29 is 4.39 Å². The predicted molar refractivity (Wildman–Crippen MR) is 69.1 cm³/mol. The third-order valence-electron chi connectivity index (χ3n) is 2.49. The highest BCUT2D eigenvalue weighted by atomic mass is 79.9. The van der Waals surface area contributed by atoms with Gasteiger partial charge in [-0.3, -0.25) is 5.10 Å². The maximum absolute atomic E-state index is 13.2. The Balaban J connectivity index is 2.32. The number of hydrogen-bond acceptors (Lipinski definition) is 2. The summed E-state index contributed by atoms with van der Waals surface area (Å²) in [6.07, 6.45) is 1.79. The smallest absolute Gasteiger partial charge is 0.137 e. The first-order valence-electron chi connectivity index (χ1n) is 5.40. The number of hydrogen-bond donors (Lipinski definition) is 2. The Hall–Kier alpha value is -1.20. The molecule has 1 aromatic heterocycles. The standard InChI is InChI=1S/C12H13BrFN3/c1-2-15-6-9-7-16-17-12(9)8-3-4-11(14)10(13)5-8/h3-5,7,15H,2,6H2,1H3,(H,16,17). The van der Waals surface area contributed by atoms with Crippen molar-refractivity contribution in [2.75, 3.05) is 6.54 Å². The molecule has 0 saturated heterocycles.